The Bertz CT molecular complexity index is 404. The summed E-state index contributed by atoms with van der Waals surface area (Å²) in [5, 5.41) is 20.2. The van der Waals surface area contributed by atoms with Crippen molar-refractivity contribution in [2.24, 2.45) is 0 Å². The first-order valence-electron chi connectivity index (χ1n) is 4.39. The van der Waals surface area contributed by atoms with Crippen molar-refractivity contribution in [3.05, 3.63) is 20.8 Å². The van der Waals surface area contributed by atoms with Gasteiger partial charge in [0.1, 0.15) is 0 Å². The van der Waals surface area contributed by atoms with Crippen LogP contribution in [-0.4, -0.2) is 34.2 Å². The zero-order valence-corrected chi connectivity index (χ0v) is 10.7. The summed E-state index contributed by atoms with van der Waals surface area (Å²) in [7, 11) is 0. The maximum absolute atomic E-state index is 11.6. The van der Waals surface area contributed by atoms with Crippen LogP contribution < -0.4 is 5.32 Å². The average molecular weight is 308 g/mol. The molecule has 0 aromatic carbocycles. The van der Waals surface area contributed by atoms with Gasteiger partial charge >= 0.3 is 5.97 Å². The SMILES string of the molecule is C[C@@H](O)[C@H](NC(=O)c1ccc(Br)s1)C(=O)O. The molecule has 3 N–H and O–H groups in total. The van der Waals surface area contributed by atoms with Gasteiger partial charge in [-0.3, -0.25) is 4.79 Å². The van der Waals surface area contributed by atoms with Crippen LogP contribution in [0.5, 0.6) is 0 Å². The number of aliphatic hydroxyl groups is 1. The van der Waals surface area contributed by atoms with Gasteiger partial charge in [0.15, 0.2) is 6.04 Å². The Labute approximate surface area is 104 Å². The number of nitrogens with one attached hydrogen (secondary N) is 1. The molecule has 1 rings (SSSR count). The van der Waals surface area contributed by atoms with E-state index < -0.39 is 24.0 Å². The largest absolute Gasteiger partial charge is 0.480 e. The number of amides is 1. The molecule has 0 aliphatic heterocycles. The molecule has 88 valence electrons. The molecule has 0 aliphatic carbocycles. The van der Waals surface area contributed by atoms with E-state index in [4.69, 9.17) is 5.11 Å². The van der Waals surface area contributed by atoms with Crippen molar-refractivity contribution in [3.8, 4) is 0 Å². The minimum absolute atomic E-state index is 0.388. The molecule has 0 spiro atoms. The van der Waals surface area contributed by atoms with Gasteiger partial charge in [0.25, 0.3) is 5.91 Å². The molecule has 0 radical (unpaired) electrons. The number of halogens is 1. The molecule has 0 aliphatic rings. The van der Waals surface area contributed by atoms with Crippen molar-refractivity contribution in [1.29, 1.82) is 0 Å². The van der Waals surface area contributed by atoms with Gasteiger partial charge in [0.2, 0.25) is 0 Å². The number of rotatable bonds is 4. The first kappa shape index (κ1) is 13.1. The Kier molecular flexibility index (Phi) is 4.45. The van der Waals surface area contributed by atoms with E-state index in [9.17, 15) is 14.7 Å². The molecule has 2 atom stereocenters. The zero-order chi connectivity index (χ0) is 12.3. The van der Waals surface area contributed by atoms with Crippen LogP contribution in [0.15, 0.2) is 15.9 Å². The molecular weight excluding hydrogens is 298 g/mol. The van der Waals surface area contributed by atoms with Crippen LogP contribution >= 0.6 is 27.3 Å². The summed E-state index contributed by atoms with van der Waals surface area (Å²) in [6, 6.07) is 1.97. The molecule has 0 saturated heterocycles. The standard InChI is InChI=1S/C9H10BrNO4S/c1-4(12)7(9(14)15)11-8(13)5-2-3-6(10)16-5/h2-4,7,12H,1H3,(H,11,13)(H,14,15)/t4-,7+/m1/s1. The lowest BCUT2D eigenvalue weighted by molar-refractivity contribution is -0.141. The topological polar surface area (TPSA) is 86.6 Å². The van der Waals surface area contributed by atoms with Gasteiger partial charge in [-0.2, -0.15) is 0 Å². The molecule has 1 aromatic heterocycles. The van der Waals surface area contributed by atoms with E-state index in [0.717, 1.165) is 3.79 Å². The van der Waals surface area contributed by atoms with Gasteiger partial charge < -0.3 is 15.5 Å². The number of carbonyl (C=O) groups excluding carboxylic acids is 1. The summed E-state index contributed by atoms with van der Waals surface area (Å²) in [4.78, 5) is 22.7. The molecule has 16 heavy (non-hydrogen) atoms. The van der Waals surface area contributed by atoms with E-state index in [0.29, 0.717) is 4.88 Å². The monoisotopic (exact) mass is 307 g/mol. The number of aliphatic carboxylic acids is 1. The number of carboxylic acids is 1. The number of carbonyl (C=O) groups is 2. The number of thiophene rings is 1. The third-order valence-corrected chi connectivity index (χ3v) is 3.45. The smallest absolute Gasteiger partial charge is 0.328 e. The third kappa shape index (κ3) is 3.29. The summed E-state index contributed by atoms with van der Waals surface area (Å²) in [6.07, 6.45) is -1.15. The second-order valence-electron chi connectivity index (χ2n) is 3.13. The first-order valence-corrected chi connectivity index (χ1v) is 6.00. The van der Waals surface area contributed by atoms with E-state index >= 15 is 0 Å². The van der Waals surface area contributed by atoms with Crippen molar-refractivity contribution in [1.82, 2.24) is 5.32 Å². The summed E-state index contributed by atoms with van der Waals surface area (Å²) >= 11 is 4.39. The summed E-state index contributed by atoms with van der Waals surface area (Å²) in [6.45, 7) is 1.31. The number of aliphatic hydroxyl groups excluding tert-OH is 1. The van der Waals surface area contributed by atoms with Gasteiger partial charge in [0, 0.05) is 0 Å². The summed E-state index contributed by atoms with van der Waals surface area (Å²) in [5.41, 5.74) is 0. The van der Waals surface area contributed by atoms with E-state index in [1.165, 1.54) is 18.3 Å². The number of hydrogen-bond acceptors (Lipinski definition) is 4. The minimum atomic E-state index is -1.30. The van der Waals surface area contributed by atoms with Crippen LogP contribution in [0.4, 0.5) is 0 Å². The van der Waals surface area contributed by atoms with Crippen molar-refractivity contribution >= 4 is 39.1 Å². The molecular formula is C9H10BrNO4S. The van der Waals surface area contributed by atoms with Gasteiger partial charge in [-0.1, -0.05) is 0 Å². The first-order chi connectivity index (χ1) is 7.41. The van der Waals surface area contributed by atoms with Gasteiger partial charge in [-0.15, -0.1) is 11.3 Å². The maximum atomic E-state index is 11.6. The molecule has 0 bridgehead atoms. The van der Waals surface area contributed by atoms with E-state index in [2.05, 4.69) is 21.2 Å². The van der Waals surface area contributed by atoms with Crippen molar-refractivity contribution in [2.75, 3.05) is 0 Å². The molecule has 0 unspecified atom stereocenters. The zero-order valence-electron chi connectivity index (χ0n) is 8.31. The highest BCUT2D eigenvalue weighted by atomic mass is 79.9. The Balaban J connectivity index is 2.73. The predicted molar refractivity (Wildman–Crippen MR) is 62.6 cm³/mol. The Morgan fingerprint density at radius 3 is 2.50 bits per heavy atom. The Morgan fingerprint density at radius 1 is 1.50 bits per heavy atom. The van der Waals surface area contributed by atoms with E-state index in [-0.39, 0.29) is 0 Å². The average Bonchev–Trinajstić information content (AvgIpc) is 2.59. The summed E-state index contributed by atoms with van der Waals surface area (Å²) < 4.78 is 0.779. The van der Waals surface area contributed by atoms with E-state index in [1.54, 1.807) is 12.1 Å². The third-order valence-electron chi connectivity index (χ3n) is 1.83. The molecule has 7 heteroatoms. The van der Waals surface area contributed by atoms with Gasteiger partial charge in [-0.05, 0) is 35.0 Å². The minimum Gasteiger partial charge on any atom is -0.480 e. The Morgan fingerprint density at radius 2 is 2.12 bits per heavy atom. The van der Waals surface area contributed by atoms with Crippen LogP contribution in [0.25, 0.3) is 0 Å². The highest BCUT2D eigenvalue weighted by molar-refractivity contribution is 9.11. The van der Waals surface area contributed by atoms with Crippen LogP contribution in [-0.2, 0) is 4.79 Å². The van der Waals surface area contributed by atoms with Crippen LogP contribution in [0.1, 0.15) is 16.6 Å². The fourth-order valence-electron chi connectivity index (χ4n) is 1.04. The second-order valence-corrected chi connectivity index (χ2v) is 5.60. The lowest BCUT2D eigenvalue weighted by Gasteiger charge is -2.16. The Hall–Kier alpha value is -0.920. The fourth-order valence-corrected chi connectivity index (χ4v) is 2.33. The second kappa shape index (κ2) is 5.42. The summed E-state index contributed by atoms with van der Waals surface area (Å²) in [5.74, 6) is -1.78. The lowest BCUT2D eigenvalue weighted by atomic mass is 10.2. The maximum Gasteiger partial charge on any atom is 0.328 e. The highest BCUT2D eigenvalue weighted by Crippen LogP contribution is 2.21. The molecule has 1 heterocycles. The highest BCUT2D eigenvalue weighted by Gasteiger charge is 2.25. The number of hydrogen-bond donors (Lipinski definition) is 3. The van der Waals surface area contributed by atoms with Crippen molar-refractivity contribution in [2.45, 2.75) is 19.1 Å². The lowest BCUT2D eigenvalue weighted by Crippen LogP contribution is -2.47. The predicted octanol–water partition coefficient (Wildman–Crippen LogP) is 1.07. The quantitative estimate of drug-likeness (QED) is 0.777. The van der Waals surface area contributed by atoms with E-state index in [1.807, 2.05) is 0 Å². The van der Waals surface area contributed by atoms with Crippen LogP contribution in [0.3, 0.4) is 0 Å². The van der Waals surface area contributed by atoms with Crippen LogP contribution in [0, 0.1) is 0 Å². The molecule has 1 aromatic rings. The molecule has 1 amide bonds. The van der Waals surface area contributed by atoms with Gasteiger partial charge in [0.05, 0.1) is 14.8 Å². The number of carboxylic acid groups (broad SMARTS) is 1. The van der Waals surface area contributed by atoms with Crippen LogP contribution in [0.2, 0.25) is 0 Å². The fraction of sp³-hybridized carbons (Fsp3) is 0.333. The normalized spacial score (nSPS) is 14.2. The molecule has 0 saturated carbocycles. The van der Waals surface area contributed by atoms with Crippen molar-refractivity contribution in [3.63, 3.8) is 0 Å². The van der Waals surface area contributed by atoms with Crippen molar-refractivity contribution < 1.29 is 19.8 Å². The molecule has 5 nitrogen and oxygen atoms in total. The molecule has 0 fully saturated rings. The van der Waals surface area contributed by atoms with Gasteiger partial charge in [-0.25, -0.2) is 4.79 Å².